The Labute approximate surface area is 162 Å². The summed E-state index contributed by atoms with van der Waals surface area (Å²) in [5.74, 6) is 0.766. The van der Waals surface area contributed by atoms with Crippen LogP contribution < -0.4 is 5.32 Å². The number of epoxide rings is 1. The van der Waals surface area contributed by atoms with Crippen molar-refractivity contribution in [3.63, 3.8) is 0 Å². The van der Waals surface area contributed by atoms with Gasteiger partial charge in [0.15, 0.2) is 0 Å². The Balaban J connectivity index is 1.21. The lowest BCUT2D eigenvalue weighted by molar-refractivity contribution is -0.146. The first-order valence-corrected chi connectivity index (χ1v) is 10.9. The molecule has 5 fully saturated rings. The number of fused-ring (bicyclic) bond motifs is 2. The highest BCUT2D eigenvalue weighted by Gasteiger charge is 2.78. The molecule has 3 heterocycles. The van der Waals surface area contributed by atoms with E-state index in [4.69, 9.17) is 14.2 Å². The van der Waals surface area contributed by atoms with Crippen LogP contribution in [0.2, 0.25) is 0 Å². The summed E-state index contributed by atoms with van der Waals surface area (Å²) in [5.41, 5.74) is 0.182. The number of ether oxygens (including phenoxy) is 3. The summed E-state index contributed by atoms with van der Waals surface area (Å²) in [4.78, 5) is 15.1. The van der Waals surface area contributed by atoms with Crippen molar-refractivity contribution >= 4 is 5.97 Å². The molecule has 0 aromatic rings. The Hall–Kier alpha value is -0.690. The Morgan fingerprint density at radius 2 is 2.11 bits per heavy atom. The number of hydrogen-bond acceptors (Lipinski definition) is 6. The average molecular weight is 379 g/mol. The van der Waals surface area contributed by atoms with E-state index in [-0.39, 0.29) is 41.0 Å². The Morgan fingerprint density at radius 1 is 1.30 bits per heavy atom. The second-order valence-corrected chi connectivity index (χ2v) is 9.71. The van der Waals surface area contributed by atoms with Crippen molar-refractivity contribution in [1.29, 1.82) is 0 Å². The number of esters is 1. The molecule has 6 nitrogen and oxygen atoms in total. The fraction of sp³-hybridized carbons (Fsp3) is 0.952. The fourth-order valence-corrected chi connectivity index (χ4v) is 6.79. The summed E-state index contributed by atoms with van der Waals surface area (Å²) >= 11 is 0. The van der Waals surface area contributed by atoms with E-state index in [1.165, 1.54) is 19.3 Å². The molecule has 3 saturated heterocycles. The van der Waals surface area contributed by atoms with Gasteiger partial charge in [0.05, 0.1) is 25.2 Å². The standard InChI is InChI=1S/C21H34N2O4/c1-14-4-3-5-20(2)12-16-17(18-21(14,20)27-18)15(19(24)26-16)13-22-6-7-23-8-10-25-11-9-23/h14-18,22H,3-13H2,1-2H3/t14-,15+,16+,17+,18-,20+,21-/m0/s1. The zero-order chi connectivity index (χ0) is 18.6. The van der Waals surface area contributed by atoms with Crippen molar-refractivity contribution < 1.29 is 19.0 Å². The molecule has 0 aromatic carbocycles. The van der Waals surface area contributed by atoms with Gasteiger partial charge in [0.1, 0.15) is 11.7 Å². The molecule has 0 bridgehead atoms. The number of nitrogens with zero attached hydrogens (tertiary/aromatic N) is 1. The maximum atomic E-state index is 12.6. The molecule has 2 aliphatic carbocycles. The van der Waals surface area contributed by atoms with Gasteiger partial charge in [-0.25, -0.2) is 0 Å². The number of carbonyl (C=O) groups is 1. The first-order chi connectivity index (χ1) is 13.1. The monoisotopic (exact) mass is 378 g/mol. The molecule has 3 aliphatic heterocycles. The summed E-state index contributed by atoms with van der Waals surface area (Å²) in [7, 11) is 0. The van der Waals surface area contributed by atoms with E-state index in [1.807, 2.05) is 0 Å². The van der Waals surface area contributed by atoms with E-state index >= 15 is 0 Å². The fourth-order valence-electron chi connectivity index (χ4n) is 6.79. The number of morpholine rings is 1. The minimum atomic E-state index is -0.0530. The third-order valence-electron chi connectivity index (χ3n) is 8.27. The van der Waals surface area contributed by atoms with Gasteiger partial charge in [-0.3, -0.25) is 9.69 Å². The summed E-state index contributed by atoms with van der Waals surface area (Å²) in [5, 5.41) is 3.53. The Morgan fingerprint density at radius 3 is 2.93 bits per heavy atom. The lowest BCUT2D eigenvalue weighted by atomic mass is 9.53. The molecule has 0 amide bonds. The van der Waals surface area contributed by atoms with E-state index in [0.29, 0.717) is 12.5 Å². The van der Waals surface area contributed by atoms with Gasteiger partial charge in [-0.2, -0.15) is 0 Å². The van der Waals surface area contributed by atoms with Gasteiger partial charge in [0, 0.05) is 44.1 Å². The van der Waals surface area contributed by atoms with Crippen molar-refractivity contribution in [2.45, 2.75) is 57.3 Å². The predicted octanol–water partition coefficient (Wildman–Crippen LogP) is 1.43. The smallest absolute Gasteiger partial charge is 0.311 e. The van der Waals surface area contributed by atoms with Crippen LogP contribution in [0, 0.1) is 23.2 Å². The van der Waals surface area contributed by atoms with E-state index in [1.54, 1.807) is 0 Å². The van der Waals surface area contributed by atoms with Crippen LogP contribution in [0.5, 0.6) is 0 Å². The molecule has 1 spiro atoms. The molecular formula is C21H34N2O4. The maximum Gasteiger partial charge on any atom is 0.311 e. The highest BCUT2D eigenvalue weighted by molar-refractivity contribution is 5.76. The van der Waals surface area contributed by atoms with Crippen LogP contribution in [-0.2, 0) is 19.0 Å². The van der Waals surface area contributed by atoms with Crippen LogP contribution in [0.1, 0.15) is 39.5 Å². The molecule has 0 radical (unpaired) electrons. The topological polar surface area (TPSA) is 63.3 Å². The largest absolute Gasteiger partial charge is 0.462 e. The lowest BCUT2D eigenvalue weighted by Gasteiger charge is -2.48. The van der Waals surface area contributed by atoms with E-state index < -0.39 is 0 Å². The van der Waals surface area contributed by atoms with Gasteiger partial charge >= 0.3 is 5.97 Å². The Bertz CT molecular complexity index is 595. The number of hydrogen-bond donors (Lipinski definition) is 1. The predicted molar refractivity (Wildman–Crippen MR) is 100 cm³/mol. The molecule has 152 valence electrons. The van der Waals surface area contributed by atoms with Gasteiger partial charge in [-0.15, -0.1) is 0 Å². The van der Waals surface area contributed by atoms with Gasteiger partial charge in [0.25, 0.3) is 0 Å². The SMILES string of the molecule is C[C@H]1CCC[C@]2(C)C[C@H]3OC(=O)[C@H](CNCCN4CCOCC4)[C@H]3[C@@H]3O[C@@]132. The second kappa shape index (κ2) is 6.68. The zero-order valence-corrected chi connectivity index (χ0v) is 16.7. The molecule has 5 aliphatic rings. The summed E-state index contributed by atoms with van der Waals surface area (Å²) in [6, 6.07) is 0. The molecule has 0 aromatic heterocycles. The Kier molecular flexibility index (Phi) is 4.54. The molecule has 5 rings (SSSR count). The molecule has 0 unspecified atom stereocenters. The van der Waals surface area contributed by atoms with E-state index in [9.17, 15) is 4.79 Å². The molecular weight excluding hydrogens is 344 g/mol. The summed E-state index contributed by atoms with van der Waals surface area (Å²) in [6.07, 6.45) is 4.98. The van der Waals surface area contributed by atoms with Gasteiger partial charge in [-0.05, 0) is 25.2 Å². The summed E-state index contributed by atoms with van der Waals surface area (Å²) < 4.78 is 17.8. The van der Waals surface area contributed by atoms with Crippen LogP contribution >= 0.6 is 0 Å². The van der Waals surface area contributed by atoms with Crippen LogP contribution in [0.4, 0.5) is 0 Å². The maximum absolute atomic E-state index is 12.6. The molecule has 27 heavy (non-hydrogen) atoms. The second-order valence-electron chi connectivity index (χ2n) is 9.71. The average Bonchev–Trinajstić information content (AvgIpc) is 3.34. The quantitative estimate of drug-likeness (QED) is 0.444. The number of rotatable bonds is 5. The molecule has 2 saturated carbocycles. The zero-order valence-electron chi connectivity index (χ0n) is 16.7. The van der Waals surface area contributed by atoms with Crippen molar-refractivity contribution in [3.05, 3.63) is 0 Å². The van der Waals surface area contributed by atoms with Gasteiger partial charge < -0.3 is 19.5 Å². The van der Waals surface area contributed by atoms with Crippen molar-refractivity contribution in [2.24, 2.45) is 23.2 Å². The van der Waals surface area contributed by atoms with Crippen molar-refractivity contribution in [2.75, 3.05) is 45.9 Å². The van der Waals surface area contributed by atoms with Crippen LogP contribution in [0.15, 0.2) is 0 Å². The summed E-state index contributed by atoms with van der Waals surface area (Å²) in [6.45, 7) is 11.0. The lowest BCUT2D eigenvalue weighted by Crippen LogP contribution is -2.54. The van der Waals surface area contributed by atoms with Gasteiger partial charge in [-0.1, -0.05) is 20.3 Å². The van der Waals surface area contributed by atoms with Crippen LogP contribution in [0.25, 0.3) is 0 Å². The van der Waals surface area contributed by atoms with Crippen molar-refractivity contribution in [3.8, 4) is 0 Å². The van der Waals surface area contributed by atoms with Gasteiger partial charge in [0.2, 0.25) is 0 Å². The van der Waals surface area contributed by atoms with Crippen molar-refractivity contribution in [1.82, 2.24) is 10.2 Å². The minimum absolute atomic E-state index is 0.00640. The molecule has 7 atom stereocenters. The highest BCUT2D eigenvalue weighted by Crippen LogP contribution is 2.70. The first kappa shape index (κ1) is 18.3. The number of nitrogens with one attached hydrogen (secondary N) is 1. The normalized spacial score (nSPS) is 49.1. The van der Waals surface area contributed by atoms with Crippen LogP contribution in [0.3, 0.4) is 0 Å². The molecule has 1 N–H and O–H groups in total. The minimum Gasteiger partial charge on any atom is -0.462 e. The third-order valence-corrected chi connectivity index (χ3v) is 8.27. The van der Waals surface area contributed by atoms with E-state index in [0.717, 1.165) is 45.8 Å². The molecule has 6 heteroatoms. The number of carbonyl (C=O) groups excluding carboxylic acids is 1. The highest BCUT2D eigenvalue weighted by atomic mass is 16.6. The third kappa shape index (κ3) is 2.78. The van der Waals surface area contributed by atoms with E-state index in [2.05, 4.69) is 24.1 Å². The first-order valence-electron chi connectivity index (χ1n) is 10.9. The van der Waals surface area contributed by atoms with Crippen LogP contribution in [-0.4, -0.2) is 74.6 Å².